The van der Waals surface area contributed by atoms with Crippen LogP contribution in [0.25, 0.3) is 0 Å². The van der Waals surface area contributed by atoms with Gasteiger partial charge in [-0.1, -0.05) is 78.9 Å². The van der Waals surface area contributed by atoms with Crippen molar-refractivity contribution in [1.29, 1.82) is 0 Å². The summed E-state index contributed by atoms with van der Waals surface area (Å²) in [4.78, 5) is 24.5. The van der Waals surface area contributed by atoms with Crippen LogP contribution in [0.15, 0.2) is 84.9 Å². The molecular weight excluding hydrogens is 514 g/mol. The summed E-state index contributed by atoms with van der Waals surface area (Å²) in [6.45, 7) is 0.674. The second-order valence-electron chi connectivity index (χ2n) is 9.40. The topological polar surface area (TPSA) is 83.1 Å². The maximum absolute atomic E-state index is 12.3. The van der Waals surface area contributed by atoms with E-state index in [-0.39, 0.29) is 32.8 Å². The van der Waals surface area contributed by atoms with Gasteiger partial charge in [0.25, 0.3) is 0 Å². The monoisotopic (exact) mass is 551 g/mol. The van der Waals surface area contributed by atoms with E-state index in [1.807, 2.05) is 60.7 Å². The third-order valence-electron chi connectivity index (χ3n) is 6.76. The van der Waals surface area contributed by atoms with Crippen molar-refractivity contribution in [2.75, 3.05) is 13.7 Å². The number of benzene rings is 3. The van der Waals surface area contributed by atoms with Crippen LogP contribution < -0.4 is 10.1 Å². The van der Waals surface area contributed by atoms with Crippen LogP contribution in [0, 0.1) is 0 Å². The minimum Gasteiger partial charge on any atom is -0.489 e. The van der Waals surface area contributed by atoms with Gasteiger partial charge in [-0.25, -0.2) is 9.59 Å². The third kappa shape index (κ3) is 9.33. The molecule has 1 fully saturated rings. The number of nitrogens with one attached hydrogen (secondary N) is 1. The van der Waals surface area contributed by atoms with Gasteiger partial charge in [0.05, 0.1) is 19.8 Å². The fourth-order valence-electron chi connectivity index (χ4n) is 4.68. The van der Waals surface area contributed by atoms with E-state index in [1.54, 1.807) is 0 Å². The van der Waals surface area contributed by atoms with Crippen LogP contribution in [-0.2, 0) is 32.2 Å². The first-order valence-electron chi connectivity index (χ1n) is 13.0. The maximum atomic E-state index is 12.3. The van der Waals surface area contributed by atoms with Crippen LogP contribution in [0.2, 0.25) is 0 Å². The molecule has 1 aliphatic carbocycles. The fourth-order valence-corrected chi connectivity index (χ4v) is 4.68. The smallest absolute Gasteiger partial charge is 0.408 e. The average molecular weight is 552 g/mol. The van der Waals surface area contributed by atoms with Crippen LogP contribution in [-0.4, -0.2) is 37.9 Å². The summed E-state index contributed by atoms with van der Waals surface area (Å²) in [6.07, 6.45) is 2.91. The first kappa shape index (κ1) is 30.1. The van der Waals surface area contributed by atoms with Crippen LogP contribution in [0.3, 0.4) is 0 Å². The minimum absolute atomic E-state index is 0. The number of ether oxygens (including phenoxy) is 4. The van der Waals surface area contributed by atoms with Gasteiger partial charge in [0.15, 0.2) is 6.04 Å². The zero-order valence-electron chi connectivity index (χ0n) is 22.2. The van der Waals surface area contributed by atoms with Gasteiger partial charge in [0.2, 0.25) is 0 Å². The summed E-state index contributed by atoms with van der Waals surface area (Å²) < 4.78 is 22.3. The summed E-state index contributed by atoms with van der Waals surface area (Å²) in [6, 6.07) is 26.8. The molecule has 0 radical (unpaired) electrons. The molecule has 0 heterocycles. The van der Waals surface area contributed by atoms with Gasteiger partial charge in [-0.15, -0.1) is 0 Å². The highest BCUT2D eigenvalue weighted by molar-refractivity contribution is 7.59. The van der Waals surface area contributed by atoms with E-state index in [0.29, 0.717) is 12.5 Å². The van der Waals surface area contributed by atoms with Crippen molar-refractivity contribution in [3.05, 3.63) is 102 Å². The largest absolute Gasteiger partial charge is 0.489 e. The molecule has 1 N–H and O–H groups in total. The van der Waals surface area contributed by atoms with E-state index < -0.39 is 18.1 Å². The molecule has 8 heteroatoms. The van der Waals surface area contributed by atoms with Gasteiger partial charge in [0.1, 0.15) is 19.0 Å². The molecule has 1 aliphatic rings. The Bertz CT molecular complexity index is 1150. The number of hydrogen-bond donors (Lipinski definition) is 1. The van der Waals surface area contributed by atoms with E-state index in [9.17, 15) is 9.59 Å². The summed E-state index contributed by atoms with van der Waals surface area (Å²) in [5.41, 5.74) is 3.21. The van der Waals surface area contributed by atoms with Gasteiger partial charge >= 0.3 is 12.1 Å². The summed E-state index contributed by atoms with van der Waals surface area (Å²) >= 11 is 0. The molecule has 3 aromatic carbocycles. The molecule has 0 unspecified atom stereocenters. The Morgan fingerprint density at radius 1 is 0.821 bits per heavy atom. The molecule has 4 rings (SSSR count). The lowest BCUT2D eigenvalue weighted by Crippen LogP contribution is -2.45. The fraction of sp³-hybridized carbons (Fsp3) is 0.355. The number of methoxy groups -OCH3 is 1. The lowest BCUT2D eigenvalue weighted by molar-refractivity contribution is -0.145. The predicted octanol–water partition coefficient (Wildman–Crippen LogP) is 5.89. The van der Waals surface area contributed by atoms with Crippen molar-refractivity contribution in [2.45, 2.75) is 57.0 Å². The van der Waals surface area contributed by atoms with Crippen LogP contribution in [0.4, 0.5) is 4.79 Å². The van der Waals surface area contributed by atoms with Crippen molar-refractivity contribution < 1.29 is 28.5 Å². The minimum atomic E-state index is -0.937. The first-order chi connectivity index (χ1) is 18.6. The molecule has 39 heavy (non-hydrogen) atoms. The van der Waals surface area contributed by atoms with E-state index in [0.717, 1.165) is 42.6 Å². The van der Waals surface area contributed by atoms with Gasteiger partial charge < -0.3 is 24.3 Å². The molecule has 208 valence electrons. The predicted molar refractivity (Wildman–Crippen MR) is 154 cm³/mol. The van der Waals surface area contributed by atoms with Crippen LogP contribution in [0.5, 0.6) is 5.75 Å². The Balaban J connectivity index is 0.00000420. The van der Waals surface area contributed by atoms with Gasteiger partial charge in [-0.3, -0.25) is 0 Å². The number of hydrogen-bond acceptors (Lipinski definition) is 6. The number of carbonyl (C=O) groups excluding carboxylic acids is 2. The quantitative estimate of drug-likeness (QED) is 0.299. The summed E-state index contributed by atoms with van der Waals surface area (Å²) in [5, 5.41) is 2.57. The summed E-state index contributed by atoms with van der Waals surface area (Å²) in [5.74, 6) is 0.730. The molecule has 1 atom stereocenters. The highest BCUT2D eigenvalue weighted by Gasteiger charge is 2.28. The second kappa shape index (κ2) is 15.8. The Labute approximate surface area is 237 Å². The standard InChI is InChI=1S/C31H35NO6.H2S/c1-35-30(33)28(32-31(34)38-21-24-12-6-3-7-13-24)22-36-26-18-16-25(17-19-26)27-14-8-9-15-29(27)37-20-23-10-4-2-5-11-23;/h2-15,25-26,28H,16-22H2,1H3,(H,32,34);1H2/t25?,26?,28-;/m0./s1. The zero-order chi connectivity index (χ0) is 26.6. The number of amides is 1. The number of alkyl carbamates (subject to hydrolysis) is 1. The Morgan fingerprint density at radius 2 is 1.41 bits per heavy atom. The molecule has 0 saturated heterocycles. The number of carbonyl (C=O) groups is 2. The lowest BCUT2D eigenvalue weighted by atomic mass is 9.82. The molecule has 0 aliphatic heterocycles. The number of esters is 1. The van der Waals surface area contributed by atoms with Crippen LogP contribution >= 0.6 is 13.5 Å². The Hall–Kier alpha value is -3.49. The first-order valence-corrected chi connectivity index (χ1v) is 13.0. The Kier molecular flexibility index (Phi) is 12.2. The van der Waals surface area contributed by atoms with Crippen molar-refractivity contribution in [3.63, 3.8) is 0 Å². The van der Waals surface area contributed by atoms with Gasteiger partial charge in [0, 0.05) is 0 Å². The molecule has 1 saturated carbocycles. The maximum Gasteiger partial charge on any atom is 0.408 e. The molecular formula is C31H37NO6S. The Morgan fingerprint density at radius 3 is 2.05 bits per heavy atom. The third-order valence-corrected chi connectivity index (χ3v) is 6.76. The molecule has 1 amide bonds. The van der Waals surface area contributed by atoms with Crippen molar-refractivity contribution in [3.8, 4) is 5.75 Å². The molecule has 7 nitrogen and oxygen atoms in total. The number of para-hydroxylation sites is 1. The average Bonchev–Trinajstić information content (AvgIpc) is 2.98. The molecule has 0 bridgehead atoms. The molecule has 3 aromatic rings. The van der Waals surface area contributed by atoms with Crippen LogP contribution in [0.1, 0.15) is 48.3 Å². The summed E-state index contributed by atoms with van der Waals surface area (Å²) in [7, 11) is 1.29. The van der Waals surface area contributed by atoms with Crippen molar-refractivity contribution >= 4 is 25.6 Å². The van der Waals surface area contributed by atoms with E-state index >= 15 is 0 Å². The van der Waals surface area contributed by atoms with E-state index in [2.05, 4.69) is 29.6 Å². The van der Waals surface area contributed by atoms with E-state index in [4.69, 9.17) is 18.9 Å². The normalized spacial score (nSPS) is 17.3. The molecule has 0 aromatic heterocycles. The van der Waals surface area contributed by atoms with E-state index in [1.165, 1.54) is 12.7 Å². The highest BCUT2D eigenvalue weighted by atomic mass is 32.1. The SMILES string of the molecule is COC(=O)[C@H](COC1CCC(c2ccccc2OCc2ccccc2)CC1)NC(=O)OCc1ccccc1.S. The number of rotatable bonds is 11. The van der Waals surface area contributed by atoms with Gasteiger partial charge in [-0.05, 0) is 54.4 Å². The van der Waals surface area contributed by atoms with Crippen molar-refractivity contribution in [2.24, 2.45) is 0 Å². The lowest BCUT2D eigenvalue weighted by Gasteiger charge is -2.30. The van der Waals surface area contributed by atoms with Crippen molar-refractivity contribution in [1.82, 2.24) is 5.32 Å². The molecule has 0 spiro atoms. The van der Waals surface area contributed by atoms with Gasteiger partial charge in [-0.2, -0.15) is 13.5 Å². The second-order valence-corrected chi connectivity index (χ2v) is 9.40. The highest BCUT2D eigenvalue weighted by Crippen LogP contribution is 2.38. The zero-order valence-corrected chi connectivity index (χ0v) is 23.2.